The molecule has 20 heavy (non-hydrogen) atoms. The van der Waals surface area contributed by atoms with Gasteiger partial charge in [0.25, 0.3) is 0 Å². The summed E-state index contributed by atoms with van der Waals surface area (Å²) in [6.45, 7) is 2.61. The summed E-state index contributed by atoms with van der Waals surface area (Å²) in [4.78, 5) is 20.2. The molecule has 1 saturated heterocycles. The van der Waals surface area contributed by atoms with E-state index in [2.05, 4.69) is 22.5 Å². The molecule has 1 saturated carbocycles. The number of nitrogens with one attached hydrogen (secondary N) is 1. The van der Waals surface area contributed by atoms with Crippen molar-refractivity contribution in [3.8, 4) is 5.75 Å². The Hall–Kier alpha value is -1.95. The largest absolute Gasteiger partial charge is 0.465 e. The second-order valence-corrected chi connectivity index (χ2v) is 5.72. The fourth-order valence-electron chi connectivity index (χ4n) is 3.04. The number of hydrogen-bond acceptors (Lipinski definition) is 4. The number of hydroxylamine groups is 1. The summed E-state index contributed by atoms with van der Waals surface area (Å²) in [6.07, 6.45) is 1.42. The van der Waals surface area contributed by atoms with Gasteiger partial charge in [-0.15, -0.1) is 5.48 Å². The van der Waals surface area contributed by atoms with E-state index in [9.17, 15) is 4.79 Å². The number of benzene rings is 1. The maximum atomic E-state index is 10.9. The van der Waals surface area contributed by atoms with E-state index in [0.717, 1.165) is 37.4 Å². The van der Waals surface area contributed by atoms with Gasteiger partial charge in [0, 0.05) is 37.4 Å². The van der Waals surface area contributed by atoms with Gasteiger partial charge < -0.3 is 19.7 Å². The van der Waals surface area contributed by atoms with Crippen LogP contribution in [0.15, 0.2) is 18.2 Å². The lowest BCUT2D eigenvalue weighted by atomic mass is 10.0. The molecule has 2 fully saturated rings. The molecule has 3 aliphatic rings. The summed E-state index contributed by atoms with van der Waals surface area (Å²) >= 11 is 0. The molecule has 0 unspecified atom stereocenters. The van der Waals surface area contributed by atoms with Crippen LogP contribution in [0, 0.1) is 0 Å². The fourth-order valence-corrected chi connectivity index (χ4v) is 3.04. The Balaban J connectivity index is 1.54. The van der Waals surface area contributed by atoms with Gasteiger partial charge in [0.2, 0.25) is 0 Å². The van der Waals surface area contributed by atoms with Crippen molar-refractivity contribution in [3.63, 3.8) is 0 Å². The third-order valence-corrected chi connectivity index (χ3v) is 4.50. The third-order valence-electron chi connectivity index (χ3n) is 4.50. The smallest absolute Gasteiger partial charge is 0.407 e. The van der Waals surface area contributed by atoms with Crippen LogP contribution < -0.4 is 15.2 Å². The first-order valence-electron chi connectivity index (χ1n) is 6.99. The average Bonchev–Trinajstić information content (AvgIpc) is 3.17. The van der Waals surface area contributed by atoms with Gasteiger partial charge in [-0.3, -0.25) is 0 Å². The van der Waals surface area contributed by atoms with Gasteiger partial charge in [0.05, 0.1) is 5.54 Å². The Morgan fingerprint density at radius 1 is 1.25 bits per heavy atom. The van der Waals surface area contributed by atoms with Crippen LogP contribution in [0.4, 0.5) is 10.5 Å². The first-order chi connectivity index (χ1) is 9.68. The van der Waals surface area contributed by atoms with E-state index in [4.69, 9.17) is 9.94 Å². The molecule has 6 nitrogen and oxygen atoms in total. The Kier molecular flexibility index (Phi) is 2.38. The van der Waals surface area contributed by atoms with Crippen LogP contribution in [-0.2, 0) is 5.54 Å². The number of nitrogens with zero attached hydrogens (tertiary/aromatic N) is 2. The zero-order chi connectivity index (χ0) is 13.7. The van der Waals surface area contributed by atoms with E-state index < -0.39 is 6.09 Å². The molecule has 106 valence electrons. The van der Waals surface area contributed by atoms with Crippen LogP contribution in [0.3, 0.4) is 0 Å². The summed E-state index contributed by atoms with van der Waals surface area (Å²) < 4.78 is 0. The molecule has 1 aromatic rings. The highest BCUT2D eigenvalue weighted by Crippen LogP contribution is 2.53. The SMILES string of the molecule is O=C(O)N1CCN(c2ccc3c(c2)C2(CC2)NO3)CC1. The number of carbonyl (C=O) groups is 1. The molecule has 1 amide bonds. The predicted octanol–water partition coefficient (Wildman–Crippen LogP) is 1.37. The summed E-state index contributed by atoms with van der Waals surface area (Å²) in [7, 11) is 0. The molecular weight excluding hydrogens is 258 g/mol. The Bertz CT molecular complexity index is 563. The minimum Gasteiger partial charge on any atom is -0.465 e. The minimum atomic E-state index is -0.826. The predicted molar refractivity (Wildman–Crippen MR) is 72.9 cm³/mol. The lowest BCUT2D eigenvalue weighted by Crippen LogP contribution is -2.48. The number of rotatable bonds is 1. The molecule has 0 atom stereocenters. The van der Waals surface area contributed by atoms with Crippen molar-refractivity contribution >= 4 is 11.8 Å². The monoisotopic (exact) mass is 275 g/mol. The zero-order valence-corrected chi connectivity index (χ0v) is 11.1. The lowest BCUT2D eigenvalue weighted by molar-refractivity contribution is 0.142. The van der Waals surface area contributed by atoms with Gasteiger partial charge in [0.15, 0.2) is 5.75 Å². The van der Waals surface area contributed by atoms with E-state index in [1.54, 1.807) is 0 Å². The molecule has 0 bridgehead atoms. The second kappa shape index (κ2) is 4.02. The van der Waals surface area contributed by atoms with Gasteiger partial charge in [-0.25, -0.2) is 4.79 Å². The molecule has 2 heterocycles. The number of carboxylic acid groups (broad SMARTS) is 1. The number of hydrogen-bond donors (Lipinski definition) is 2. The summed E-state index contributed by atoms with van der Waals surface area (Å²) in [6, 6.07) is 6.26. The van der Waals surface area contributed by atoms with Crippen LogP contribution in [0.1, 0.15) is 18.4 Å². The number of fused-ring (bicyclic) bond motifs is 2. The molecule has 0 radical (unpaired) electrons. The Morgan fingerprint density at radius 3 is 2.65 bits per heavy atom. The van der Waals surface area contributed by atoms with Crippen molar-refractivity contribution in [3.05, 3.63) is 23.8 Å². The lowest BCUT2D eigenvalue weighted by Gasteiger charge is -2.34. The summed E-state index contributed by atoms with van der Waals surface area (Å²) in [5, 5.41) is 8.98. The van der Waals surface area contributed by atoms with E-state index in [0.29, 0.717) is 13.1 Å². The minimum absolute atomic E-state index is 0.0498. The standard InChI is InChI=1S/C14H17N3O3/c18-13(19)17-7-5-16(6-8-17)10-1-2-12-11(9-10)14(3-4-14)15-20-12/h1-2,9,15H,3-8H2,(H,18,19). The van der Waals surface area contributed by atoms with E-state index in [1.807, 2.05) is 6.07 Å². The Morgan fingerprint density at radius 2 is 2.00 bits per heavy atom. The third kappa shape index (κ3) is 1.71. The van der Waals surface area contributed by atoms with Crippen LogP contribution in [0.5, 0.6) is 5.75 Å². The molecule has 1 aromatic carbocycles. The quantitative estimate of drug-likeness (QED) is 0.810. The van der Waals surface area contributed by atoms with Crippen molar-refractivity contribution in [1.82, 2.24) is 10.4 Å². The van der Waals surface area contributed by atoms with Gasteiger partial charge >= 0.3 is 6.09 Å². The van der Waals surface area contributed by atoms with Crippen LogP contribution in [0.25, 0.3) is 0 Å². The Labute approximate surface area is 116 Å². The van der Waals surface area contributed by atoms with Gasteiger partial charge in [-0.2, -0.15) is 0 Å². The average molecular weight is 275 g/mol. The maximum absolute atomic E-state index is 10.9. The van der Waals surface area contributed by atoms with Crippen molar-refractivity contribution in [2.24, 2.45) is 0 Å². The molecule has 2 aliphatic heterocycles. The molecule has 2 N–H and O–H groups in total. The van der Waals surface area contributed by atoms with Crippen LogP contribution in [-0.4, -0.2) is 42.3 Å². The molecule has 1 aliphatic carbocycles. The number of amides is 1. The maximum Gasteiger partial charge on any atom is 0.407 e. The zero-order valence-electron chi connectivity index (χ0n) is 11.1. The summed E-state index contributed by atoms with van der Waals surface area (Å²) in [5.74, 6) is 0.926. The van der Waals surface area contributed by atoms with Crippen molar-refractivity contribution < 1.29 is 14.7 Å². The molecule has 4 rings (SSSR count). The summed E-state index contributed by atoms with van der Waals surface area (Å²) in [5.41, 5.74) is 5.58. The molecule has 6 heteroatoms. The van der Waals surface area contributed by atoms with Crippen molar-refractivity contribution in [2.45, 2.75) is 18.4 Å². The topological polar surface area (TPSA) is 65.0 Å². The first kappa shape index (κ1) is 11.8. The highest BCUT2D eigenvalue weighted by atomic mass is 16.7. The highest BCUT2D eigenvalue weighted by molar-refractivity contribution is 5.66. The van der Waals surface area contributed by atoms with E-state index >= 15 is 0 Å². The molecular formula is C14H17N3O3. The normalized spacial score (nSPS) is 22.6. The van der Waals surface area contributed by atoms with Crippen LogP contribution >= 0.6 is 0 Å². The molecule has 0 aromatic heterocycles. The fraction of sp³-hybridized carbons (Fsp3) is 0.500. The van der Waals surface area contributed by atoms with Crippen molar-refractivity contribution in [1.29, 1.82) is 0 Å². The van der Waals surface area contributed by atoms with Crippen LogP contribution in [0.2, 0.25) is 0 Å². The van der Waals surface area contributed by atoms with Crippen molar-refractivity contribution in [2.75, 3.05) is 31.1 Å². The number of piperazine rings is 1. The number of anilines is 1. The van der Waals surface area contributed by atoms with E-state index in [1.165, 1.54) is 10.5 Å². The van der Waals surface area contributed by atoms with Gasteiger partial charge in [-0.1, -0.05) is 0 Å². The van der Waals surface area contributed by atoms with Gasteiger partial charge in [-0.05, 0) is 31.0 Å². The first-order valence-corrected chi connectivity index (χ1v) is 6.99. The van der Waals surface area contributed by atoms with Gasteiger partial charge in [0.1, 0.15) is 0 Å². The second-order valence-electron chi connectivity index (χ2n) is 5.72. The highest BCUT2D eigenvalue weighted by Gasteiger charge is 2.51. The van der Waals surface area contributed by atoms with E-state index in [-0.39, 0.29) is 5.54 Å². The molecule has 1 spiro atoms.